The van der Waals surface area contributed by atoms with E-state index >= 15 is 0 Å². The summed E-state index contributed by atoms with van der Waals surface area (Å²) in [6.07, 6.45) is 2.68. The summed E-state index contributed by atoms with van der Waals surface area (Å²) >= 11 is 5.93. The van der Waals surface area contributed by atoms with Crippen LogP contribution in [0.4, 0.5) is 0 Å². The third-order valence-electron chi connectivity index (χ3n) is 4.99. The second-order valence-electron chi connectivity index (χ2n) is 6.40. The third-order valence-corrected chi connectivity index (χ3v) is 5.24. The Hall–Kier alpha value is -0.710. The monoisotopic (exact) mass is 388 g/mol. The van der Waals surface area contributed by atoms with Crippen LogP contribution in [-0.2, 0) is 6.54 Å². The molecule has 5 rings (SSSR count). The zero-order valence-electron chi connectivity index (χ0n) is 13.4. The minimum atomic E-state index is 0. The zero-order valence-corrected chi connectivity index (χ0v) is 15.8. The Labute approximate surface area is 160 Å². The Morgan fingerprint density at radius 2 is 1.75 bits per heavy atom. The lowest BCUT2D eigenvalue weighted by Crippen LogP contribution is -2.55. The number of nitrogens with one attached hydrogen (secondary N) is 1. The van der Waals surface area contributed by atoms with Crippen LogP contribution in [0.3, 0.4) is 0 Å². The van der Waals surface area contributed by atoms with Gasteiger partial charge in [-0.1, -0.05) is 11.6 Å². The summed E-state index contributed by atoms with van der Waals surface area (Å²) < 4.78 is 5.96. The van der Waals surface area contributed by atoms with Gasteiger partial charge in [-0.3, -0.25) is 0 Å². The van der Waals surface area contributed by atoms with Gasteiger partial charge in [-0.15, -0.1) is 24.8 Å². The SMILES string of the molecule is Cl.Cl.Clc1ccc(-c2ccc(CNC3CN4CCC3CC4)o2)cc1. The summed E-state index contributed by atoms with van der Waals surface area (Å²) in [4.78, 5) is 2.57. The summed E-state index contributed by atoms with van der Waals surface area (Å²) in [6, 6.07) is 12.5. The van der Waals surface area contributed by atoms with E-state index in [1.165, 1.54) is 32.5 Å². The van der Waals surface area contributed by atoms with Crippen LogP contribution >= 0.6 is 36.4 Å². The van der Waals surface area contributed by atoms with Crippen molar-refractivity contribution >= 4 is 36.4 Å². The summed E-state index contributed by atoms with van der Waals surface area (Å²) in [7, 11) is 0. The van der Waals surface area contributed by atoms with Crippen LogP contribution in [-0.4, -0.2) is 30.6 Å². The van der Waals surface area contributed by atoms with Gasteiger partial charge in [0, 0.05) is 23.2 Å². The van der Waals surface area contributed by atoms with E-state index in [0.717, 1.165) is 34.6 Å². The number of halogens is 3. The highest BCUT2D eigenvalue weighted by molar-refractivity contribution is 6.30. The van der Waals surface area contributed by atoms with Gasteiger partial charge in [-0.2, -0.15) is 0 Å². The molecule has 24 heavy (non-hydrogen) atoms. The molecule has 3 nitrogen and oxygen atoms in total. The van der Waals surface area contributed by atoms with Crippen molar-refractivity contribution in [2.45, 2.75) is 25.4 Å². The molecule has 132 valence electrons. The Morgan fingerprint density at radius 3 is 2.38 bits per heavy atom. The standard InChI is InChI=1S/C18H21ClN2O.2ClH/c19-15-3-1-14(2-4-15)18-6-5-16(22-18)11-20-17-12-21-9-7-13(17)8-10-21;;/h1-6,13,17,20H,7-12H2;2*1H. The highest BCUT2D eigenvalue weighted by Crippen LogP contribution is 2.28. The molecule has 1 atom stereocenters. The fourth-order valence-corrected chi connectivity index (χ4v) is 3.80. The third kappa shape index (κ3) is 4.27. The molecule has 1 unspecified atom stereocenters. The number of nitrogens with zero attached hydrogens (tertiary/aromatic N) is 1. The molecule has 1 aromatic heterocycles. The largest absolute Gasteiger partial charge is 0.460 e. The number of benzene rings is 1. The first-order valence-corrected chi connectivity index (χ1v) is 8.46. The molecule has 6 heteroatoms. The van der Waals surface area contributed by atoms with Crippen molar-refractivity contribution in [2.24, 2.45) is 5.92 Å². The highest BCUT2D eigenvalue weighted by atomic mass is 35.5. The van der Waals surface area contributed by atoms with Gasteiger partial charge in [-0.05, 0) is 68.2 Å². The van der Waals surface area contributed by atoms with E-state index in [1.54, 1.807) is 0 Å². The number of furan rings is 1. The quantitative estimate of drug-likeness (QED) is 0.826. The topological polar surface area (TPSA) is 28.4 Å². The molecule has 3 aliphatic rings. The maximum absolute atomic E-state index is 5.96. The fourth-order valence-electron chi connectivity index (χ4n) is 3.67. The van der Waals surface area contributed by atoms with E-state index < -0.39 is 0 Å². The minimum Gasteiger partial charge on any atom is -0.460 e. The lowest BCUT2D eigenvalue weighted by Gasteiger charge is -2.45. The van der Waals surface area contributed by atoms with E-state index in [9.17, 15) is 0 Å². The molecular formula is C18H23Cl3N2O. The Bertz CT molecular complexity index is 636. The van der Waals surface area contributed by atoms with Crippen LogP contribution in [0.2, 0.25) is 5.02 Å². The van der Waals surface area contributed by atoms with Crippen molar-refractivity contribution in [2.75, 3.05) is 19.6 Å². The second-order valence-corrected chi connectivity index (χ2v) is 6.83. The molecule has 3 saturated heterocycles. The molecule has 3 fully saturated rings. The maximum atomic E-state index is 5.96. The van der Waals surface area contributed by atoms with Gasteiger partial charge in [0.2, 0.25) is 0 Å². The first-order valence-electron chi connectivity index (χ1n) is 8.08. The molecule has 0 aliphatic carbocycles. The van der Waals surface area contributed by atoms with Crippen molar-refractivity contribution in [3.05, 3.63) is 47.2 Å². The molecular weight excluding hydrogens is 367 g/mol. The molecule has 0 spiro atoms. The van der Waals surface area contributed by atoms with E-state index in [4.69, 9.17) is 16.0 Å². The molecule has 0 saturated carbocycles. The Kier molecular flexibility index (Phi) is 7.02. The average molecular weight is 390 g/mol. The van der Waals surface area contributed by atoms with Crippen molar-refractivity contribution in [3.8, 4) is 11.3 Å². The molecule has 0 amide bonds. The first kappa shape index (κ1) is 19.6. The van der Waals surface area contributed by atoms with Crippen LogP contribution in [0.25, 0.3) is 11.3 Å². The second kappa shape index (κ2) is 8.59. The Morgan fingerprint density at radius 1 is 1.04 bits per heavy atom. The normalized spacial score (nSPS) is 25.0. The minimum absolute atomic E-state index is 0. The van der Waals surface area contributed by atoms with E-state index in [2.05, 4.69) is 16.3 Å². The van der Waals surface area contributed by atoms with Crippen LogP contribution in [0.1, 0.15) is 18.6 Å². The summed E-state index contributed by atoms with van der Waals surface area (Å²) in [6.45, 7) is 4.56. The van der Waals surface area contributed by atoms with Gasteiger partial charge in [0.15, 0.2) is 0 Å². The van der Waals surface area contributed by atoms with E-state index in [1.807, 2.05) is 30.3 Å². The molecule has 4 heterocycles. The molecule has 2 bridgehead atoms. The predicted molar refractivity (Wildman–Crippen MR) is 103 cm³/mol. The van der Waals surface area contributed by atoms with Gasteiger partial charge < -0.3 is 14.6 Å². The van der Waals surface area contributed by atoms with Gasteiger partial charge >= 0.3 is 0 Å². The van der Waals surface area contributed by atoms with Crippen LogP contribution in [0, 0.1) is 5.92 Å². The number of piperidine rings is 3. The summed E-state index contributed by atoms with van der Waals surface area (Å²) in [5, 5.41) is 4.44. The lowest BCUT2D eigenvalue weighted by atomic mass is 9.84. The van der Waals surface area contributed by atoms with Gasteiger partial charge in [0.05, 0.1) is 6.54 Å². The highest BCUT2D eigenvalue weighted by Gasteiger charge is 2.33. The maximum Gasteiger partial charge on any atom is 0.134 e. The van der Waals surface area contributed by atoms with E-state index in [0.29, 0.717) is 6.04 Å². The van der Waals surface area contributed by atoms with Gasteiger partial charge in [0.25, 0.3) is 0 Å². The number of rotatable bonds is 4. The molecule has 1 N–H and O–H groups in total. The van der Waals surface area contributed by atoms with Gasteiger partial charge in [-0.25, -0.2) is 0 Å². The number of hydrogen-bond donors (Lipinski definition) is 1. The van der Waals surface area contributed by atoms with Crippen LogP contribution in [0.15, 0.2) is 40.8 Å². The smallest absolute Gasteiger partial charge is 0.134 e. The van der Waals surface area contributed by atoms with Crippen molar-refractivity contribution in [3.63, 3.8) is 0 Å². The summed E-state index contributed by atoms with van der Waals surface area (Å²) in [5.41, 5.74) is 1.07. The molecule has 3 aliphatic heterocycles. The fraction of sp³-hybridized carbons (Fsp3) is 0.444. The zero-order chi connectivity index (χ0) is 14.9. The Balaban J connectivity index is 0.00000104. The lowest BCUT2D eigenvalue weighted by molar-refractivity contribution is 0.0711. The van der Waals surface area contributed by atoms with Crippen LogP contribution < -0.4 is 5.32 Å². The van der Waals surface area contributed by atoms with Crippen molar-refractivity contribution in [1.29, 1.82) is 0 Å². The number of hydrogen-bond acceptors (Lipinski definition) is 3. The molecule has 2 aromatic rings. The average Bonchev–Trinajstić information content (AvgIpc) is 3.04. The van der Waals surface area contributed by atoms with Crippen molar-refractivity contribution < 1.29 is 4.42 Å². The molecule has 0 radical (unpaired) electrons. The first-order chi connectivity index (χ1) is 10.8. The van der Waals surface area contributed by atoms with E-state index in [-0.39, 0.29) is 24.8 Å². The van der Waals surface area contributed by atoms with Crippen LogP contribution in [0.5, 0.6) is 0 Å². The van der Waals surface area contributed by atoms with Crippen molar-refractivity contribution in [1.82, 2.24) is 10.2 Å². The molecule has 1 aromatic carbocycles. The van der Waals surface area contributed by atoms with Gasteiger partial charge in [0.1, 0.15) is 11.5 Å². The number of fused-ring (bicyclic) bond motifs is 3. The predicted octanol–water partition coefficient (Wildman–Crippen LogP) is 4.63. The summed E-state index contributed by atoms with van der Waals surface area (Å²) in [5.74, 6) is 2.75.